The average molecular weight is 330 g/mol. The summed E-state index contributed by atoms with van der Waals surface area (Å²) in [5.41, 5.74) is -0.957. The van der Waals surface area contributed by atoms with Crippen LogP contribution in [0.25, 0.3) is 5.69 Å². The number of nitrogens with zero attached hydrogens (tertiary/aromatic N) is 2. The summed E-state index contributed by atoms with van der Waals surface area (Å²) in [7, 11) is 0. The van der Waals surface area contributed by atoms with E-state index in [0.29, 0.717) is 5.02 Å². The predicted molar refractivity (Wildman–Crippen MR) is 68.1 cm³/mol. The standard InChI is InChI=1S/C11H6Cl3F3N2/c12-4-6-5-18-19(10(6)11(15,16)17)9-2-1-7(13)3-8(9)14/h1-3,5H,4H2. The SMILES string of the molecule is FC(F)(F)c1c(CCl)cnn1-c1ccc(Cl)cc1Cl. The molecule has 102 valence electrons. The number of benzene rings is 1. The highest BCUT2D eigenvalue weighted by atomic mass is 35.5. The van der Waals surface area contributed by atoms with Gasteiger partial charge in [-0.1, -0.05) is 23.2 Å². The lowest BCUT2D eigenvalue weighted by Crippen LogP contribution is -2.15. The van der Waals surface area contributed by atoms with Crippen molar-refractivity contribution < 1.29 is 13.2 Å². The van der Waals surface area contributed by atoms with Crippen molar-refractivity contribution in [3.05, 3.63) is 45.7 Å². The number of rotatable bonds is 2. The van der Waals surface area contributed by atoms with Crippen LogP contribution in [-0.4, -0.2) is 9.78 Å². The van der Waals surface area contributed by atoms with Crippen LogP contribution in [0.3, 0.4) is 0 Å². The van der Waals surface area contributed by atoms with Gasteiger partial charge in [-0.2, -0.15) is 18.3 Å². The monoisotopic (exact) mass is 328 g/mol. The van der Waals surface area contributed by atoms with Crippen LogP contribution in [0.2, 0.25) is 10.0 Å². The van der Waals surface area contributed by atoms with Crippen LogP contribution in [0.5, 0.6) is 0 Å². The first-order chi connectivity index (χ1) is 8.84. The Kier molecular flexibility index (Phi) is 3.99. The molecule has 1 aromatic carbocycles. The van der Waals surface area contributed by atoms with Crippen molar-refractivity contribution in [3.63, 3.8) is 0 Å². The van der Waals surface area contributed by atoms with Gasteiger partial charge in [0.25, 0.3) is 0 Å². The Morgan fingerprint density at radius 1 is 1.21 bits per heavy atom. The molecule has 2 aromatic rings. The van der Waals surface area contributed by atoms with Crippen LogP contribution in [0.15, 0.2) is 24.4 Å². The fraction of sp³-hybridized carbons (Fsp3) is 0.182. The lowest BCUT2D eigenvalue weighted by atomic mass is 10.2. The van der Waals surface area contributed by atoms with E-state index in [1.165, 1.54) is 18.2 Å². The Morgan fingerprint density at radius 3 is 2.42 bits per heavy atom. The van der Waals surface area contributed by atoms with E-state index in [4.69, 9.17) is 34.8 Å². The van der Waals surface area contributed by atoms with Crippen molar-refractivity contribution in [1.82, 2.24) is 9.78 Å². The normalized spacial score (nSPS) is 11.9. The number of aromatic nitrogens is 2. The second-order valence-electron chi connectivity index (χ2n) is 3.66. The molecule has 0 radical (unpaired) electrons. The van der Waals surface area contributed by atoms with Crippen molar-refractivity contribution in [2.75, 3.05) is 0 Å². The molecule has 2 nitrogen and oxygen atoms in total. The number of hydrogen-bond acceptors (Lipinski definition) is 1. The van der Waals surface area contributed by atoms with Gasteiger partial charge in [0.15, 0.2) is 5.69 Å². The zero-order chi connectivity index (χ0) is 14.2. The molecule has 0 saturated heterocycles. The minimum Gasteiger partial charge on any atom is -0.227 e. The molecule has 0 unspecified atom stereocenters. The fourth-order valence-corrected chi connectivity index (χ4v) is 2.30. The highest BCUT2D eigenvalue weighted by Crippen LogP contribution is 2.36. The van der Waals surface area contributed by atoms with E-state index in [0.717, 1.165) is 10.9 Å². The molecule has 19 heavy (non-hydrogen) atoms. The summed E-state index contributed by atoms with van der Waals surface area (Å²) < 4.78 is 39.8. The van der Waals surface area contributed by atoms with Crippen molar-refractivity contribution in [3.8, 4) is 5.69 Å². The predicted octanol–water partition coefficient (Wildman–Crippen LogP) is 4.94. The van der Waals surface area contributed by atoms with E-state index < -0.39 is 11.9 Å². The topological polar surface area (TPSA) is 17.8 Å². The Morgan fingerprint density at radius 2 is 1.89 bits per heavy atom. The lowest BCUT2D eigenvalue weighted by molar-refractivity contribution is -0.143. The molecule has 0 saturated carbocycles. The molecule has 1 aromatic heterocycles. The van der Waals surface area contributed by atoms with Gasteiger partial charge in [0.2, 0.25) is 0 Å². The molecule has 0 spiro atoms. The van der Waals surface area contributed by atoms with Gasteiger partial charge < -0.3 is 0 Å². The highest BCUT2D eigenvalue weighted by Gasteiger charge is 2.38. The Hall–Kier alpha value is -0.910. The Balaban J connectivity index is 2.66. The van der Waals surface area contributed by atoms with E-state index in [1.807, 2.05) is 0 Å². The first-order valence-corrected chi connectivity index (χ1v) is 6.29. The lowest BCUT2D eigenvalue weighted by Gasteiger charge is -2.13. The molecule has 0 aliphatic heterocycles. The Labute approximate surface area is 121 Å². The molecule has 0 aliphatic rings. The summed E-state index contributed by atoms with van der Waals surface area (Å²) in [6.07, 6.45) is -3.51. The van der Waals surface area contributed by atoms with Crippen molar-refractivity contribution in [2.24, 2.45) is 0 Å². The summed E-state index contributed by atoms with van der Waals surface area (Å²) in [6.45, 7) is 0. The molecule has 0 fully saturated rings. The highest BCUT2D eigenvalue weighted by molar-refractivity contribution is 6.35. The summed E-state index contributed by atoms with van der Waals surface area (Å²) in [4.78, 5) is 0. The molecule has 0 amide bonds. The quantitative estimate of drug-likeness (QED) is 0.714. The second kappa shape index (κ2) is 5.23. The first-order valence-electron chi connectivity index (χ1n) is 5.00. The minimum atomic E-state index is -4.58. The van der Waals surface area contributed by atoms with Crippen LogP contribution in [-0.2, 0) is 12.1 Å². The smallest absolute Gasteiger partial charge is 0.227 e. The summed E-state index contributed by atoms with van der Waals surface area (Å²) >= 11 is 17.1. The first kappa shape index (κ1) is 14.5. The molecular formula is C11H6Cl3F3N2. The minimum absolute atomic E-state index is 0.0715. The molecule has 0 atom stereocenters. The fourth-order valence-electron chi connectivity index (χ4n) is 1.62. The van der Waals surface area contributed by atoms with Crippen molar-refractivity contribution in [2.45, 2.75) is 12.1 Å². The van der Waals surface area contributed by atoms with Gasteiger partial charge in [0.05, 0.1) is 22.8 Å². The molecule has 0 N–H and O–H groups in total. The van der Waals surface area contributed by atoms with Crippen molar-refractivity contribution >= 4 is 34.8 Å². The zero-order valence-corrected chi connectivity index (χ0v) is 11.4. The largest absolute Gasteiger partial charge is 0.433 e. The molecule has 2 rings (SSSR count). The van der Waals surface area contributed by atoms with Gasteiger partial charge in [0, 0.05) is 10.6 Å². The third-order valence-electron chi connectivity index (χ3n) is 2.40. The molecule has 0 aliphatic carbocycles. The maximum absolute atomic E-state index is 13.0. The van der Waals surface area contributed by atoms with Gasteiger partial charge in [0.1, 0.15) is 0 Å². The van der Waals surface area contributed by atoms with E-state index in [-0.39, 0.29) is 22.2 Å². The zero-order valence-electron chi connectivity index (χ0n) is 9.18. The van der Waals surface area contributed by atoms with Gasteiger partial charge in [-0.05, 0) is 18.2 Å². The average Bonchev–Trinajstić information content (AvgIpc) is 2.72. The maximum Gasteiger partial charge on any atom is 0.433 e. The number of hydrogen-bond donors (Lipinski definition) is 0. The third kappa shape index (κ3) is 2.83. The van der Waals surface area contributed by atoms with Gasteiger partial charge in [-0.3, -0.25) is 0 Å². The van der Waals surface area contributed by atoms with E-state index in [2.05, 4.69) is 5.10 Å². The van der Waals surface area contributed by atoms with Gasteiger partial charge >= 0.3 is 6.18 Å². The summed E-state index contributed by atoms with van der Waals surface area (Å²) in [5.74, 6) is -0.292. The molecular weight excluding hydrogens is 323 g/mol. The van der Waals surface area contributed by atoms with E-state index >= 15 is 0 Å². The van der Waals surface area contributed by atoms with E-state index in [1.54, 1.807) is 0 Å². The molecule has 0 bridgehead atoms. The van der Waals surface area contributed by atoms with Crippen LogP contribution in [0, 0.1) is 0 Å². The van der Waals surface area contributed by atoms with Crippen LogP contribution in [0.1, 0.15) is 11.3 Å². The second-order valence-corrected chi connectivity index (χ2v) is 4.77. The van der Waals surface area contributed by atoms with Crippen LogP contribution < -0.4 is 0 Å². The number of alkyl halides is 4. The van der Waals surface area contributed by atoms with Gasteiger partial charge in [-0.25, -0.2) is 4.68 Å². The number of halogens is 6. The summed E-state index contributed by atoms with van der Waals surface area (Å²) in [5, 5.41) is 4.10. The van der Waals surface area contributed by atoms with Crippen LogP contribution in [0.4, 0.5) is 13.2 Å². The van der Waals surface area contributed by atoms with Gasteiger partial charge in [-0.15, -0.1) is 11.6 Å². The molecule has 8 heteroatoms. The van der Waals surface area contributed by atoms with Crippen LogP contribution >= 0.6 is 34.8 Å². The van der Waals surface area contributed by atoms with Crippen molar-refractivity contribution in [1.29, 1.82) is 0 Å². The van der Waals surface area contributed by atoms with E-state index in [9.17, 15) is 13.2 Å². The maximum atomic E-state index is 13.0. The Bertz CT molecular complexity index is 608. The molecule has 1 heterocycles. The summed E-state index contributed by atoms with van der Waals surface area (Å²) in [6, 6.07) is 4.15. The third-order valence-corrected chi connectivity index (χ3v) is 3.22.